The number of nitrogens with one attached hydrogen (secondary N) is 1. The van der Waals surface area contributed by atoms with Gasteiger partial charge in [-0.05, 0) is 45.1 Å². The van der Waals surface area contributed by atoms with Gasteiger partial charge in [-0.25, -0.2) is 0 Å². The van der Waals surface area contributed by atoms with E-state index in [9.17, 15) is 0 Å². The van der Waals surface area contributed by atoms with Crippen LogP contribution in [0.15, 0.2) is 33.6 Å². The molecule has 0 bridgehead atoms. The Hall–Kier alpha value is -1.40. The zero-order valence-corrected chi connectivity index (χ0v) is 12.3. The lowest BCUT2D eigenvalue weighted by Crippen LogP contribution is -2.22. The Morgan fingerprint density at radius 1 is 1.61 bits per heavy atom. The van der Waals surface area contributed by atoms with Gasteiger partial charge in [0, 0.05) is 19.8 Å². The molecule has 0 spiro atoms. The van der Waals surface area contributed by atoms with Crippen LogP contribution in [-0.4, -0.2) is 17.9 Å². The van der Waals surface area contributed by atoms with Crippen LogP contribution in [0.2, 0.25) is 0 Å². The Bertz CT molecular complexity index is 567. The average Bonchev–Trinajstić information content (AvgIpc) is 2.74. The van der Waals surface area contributed by atoms with Crippen LogP contribution < -0.4 is 10.6 Å². The maximum Gasteiger partial charge on any atom is 0.143 e. The van der Waals surface area contributed by atoms with E-state index in [4.69, 9.17) is 11.1 Å². The molecular weight excluding hydrogens is 312 g/mol. The first-order chi connectivity index (χ1) is 8.58. The molecule has 0 unspecified atom stereocenters. The molecule has 0 aliphatic carbocycles. The molecule has 18 heavy (non-hydrogen) atoms. The van der Waals surface area contributed by atoms with Gasteiger partial charge in [-0.15, -0.1) is 11.3 Å². The lowest BCUT2D eigenvalue weighted by atomic mass is 10.2. The normalized spacial score (nSPS) is 10.3. The van der Waals surface area contributed by atoms with Gasteiger partial charge in [-0.2, -0.15) is 0 Å². The van der Waals surface area contributed by atoms with Crippen molar-refractivity contribution < 1.29 is 0 Å². The number of halogens is 1. The summed E-state index contributed by atoms with van der Waals surface area (Å²) in [5.74, 6) is -0.0102. The molecule has 0 fully saturated rings. The maximum atomic E-state index is 7.54. The Kier molecular flexibility index (Phi) is 3.98. The van der Waals surface area contributed by atoms with E-state index in [2.05, 4.69) is 32.4 Å². The van der Waals surface area contributed by atoms with Gasteiger partial charge in [0.05, 0.1) is 9.47 Å². The van der Waals surface area contributed by atoms with Crippen molar-refractivity contribution in [2.24, 2.45) is 5.73 Å². The molecule has 0 aliphatic rings. The third-order valence-electron chi connectivity index (χ3n) is 2.49. The van der Waals surface area contributed by atoms with Crippen molar-refractivity contribution in [1.82, 2.24) is 4.98 Å². The Balaban J connectivity index is 2.23. The summed E-state index contributed by atoms with van der Waals surface area (Å²) in [6, 6.07) is 5.86. The third-order valence-corrected chi connectivity index (χ3v) is 4.05. The van der Waals surface area contributed by atoms with E-state index in [1.807, 2.05) is 24.1 Å². The monoisotopic (exact) mass is 324 g/mol. The van der Waals surface area contributed by atoms with Gasteiger partial charge in [0.25, 0.3) is 0 Å². The van der Waals surface area contributed by atoms with Crippen LogP contribution >= 0.6 is 27.3 Å². The summed E-state index contributed by atoms with van der Waals surface area (Å²) in [6.07, 6.45) is 1.65. The van der Waals surface area contributed by atoms with Crippen LogP contribution in [0.3, 0.4) is 0 Å². The predicted octanol–water partition coefficient (Wildman–Crippen LogP) is 2.83. The van der Waals surface area contributed by atoms with Gasteiger partial charge in [0.2, 0.25) is 0 Å². The minimum atomic E-state index is -0.0102. The van der Waals surface area contributed by atoms with Crippen LogP contribution in [0.5, 0.6) is 0 Å². The van der Waals surface area contributed by atoms with Gasteiger partial charge in [0.1, 0.15) is 11.5 Å². The molecular formula is C12H13BrN4S. The molecule has 6 heteroatoms. The van der Waals surface area contributed by atoms with E-state index in [1.54, 1.807) is 17.5 Å². The number of amidine groups is 1. The number of nitrogens with zero attached hydrogens (tertiary/aromatic N) is 2. The van der Waals surface area contributed by atoms with Crippen molar-refractivity contribution in [2.75, 3.05) is 11.9 Å². The Labute approximate surface area is 118 Å². The summed E-state index contributed by atoms with van der Waals surface area (Å²) in [5, 5.41) is 9.64. The molecule has 3 N–H and O–H groups in total. The SMILES string of the molecule is CN(Cc1csc(Br)c1)c1cccnc1C(=N)N. The van der Waals surface area contributed by atoms with Crippen molar-refractivity contribution in [2.45, 2.75) is 6.54 Å². The molecule has 0 saturated heterocycles. The van der Waals surface area contributed by atoms with Crippen molar-refractivity contribution in [3.05, 3.63) is 44.8 Å². The summed E-state index contributed by atoms with van der Waals surface area (Å²) in [4.78, 5) is 6.19. The van der Waals surface area contributed by atoms with E-state index in [0.29, 0.717) is 5.69 Å². The third kappa shape index (κ3) is 2.88. The molecule has 0 radical (unpaired) electrons. The fourth-order valence-electron chi connectivity index (χ4n) is 1.70. The zero-order chi connectivity index (χ0) is 13.1. The predicted molar refractivity (Wildman–Crippen MR) is 79.4 cm³/mol. The Morgan fingerprint density at radius 3 is 3.00 bits per heavy atom. The number of nitrogens with two attached hydrogens (primary N) is 1. The summed E-state index contributed by atoms with van der Waals surface area (Å²) in [7, 11) is 1.97. The molecule has 0 saturated carbocycles. The molecule has 0 aliphatic heterocycles. The minimum absolute atomic E-state index is 0.0102. The lowest BCUT2D eigenvalue weighted by Gasteiger charge is -2.20. The molecule has 94 valence electrons. The quantitative estimate of drug-likeness (QED) is 0.671. The average molecular weight is 325 g/mol. The number of hydrogen-bond donors (Lipinski definition) is 2. The fraction of sp³-hybridized carbons (Fsp3) is 0.167. The van der Waals surface area contributed by atoms with Crippen molar-refractivity contribution >= 4 is 38.8 Å². The maximum absolute atomic E-state index is 7.54. The lowest BCUT2D eigenvalue weighted by molar-refractivity contribution is 0.918. The van der Waals surface area contributed by atoms with Crippen molar-refractivity contribution in [3.63, 3.8) is 0 Å². The zero-order valence-electron chi connectivity index (χ0n) is 9.85. The first kappa shape index (κ1) is 13.0. The van der Waals surface area contributed by atoms with Gasteiger partial charge in [-0.3, -0.25) is 10.4 Å². The first-order valence-electron chi connectivity index (χ1n) is 5.31. The highest BCUT2D eigenvalue weighted by Crippen LogP contribution is 2.24. The second kappa shape index (κ2) is 5.49. The largest absolute Gasteiger partial charge is 0.382 e. The van der Waals surface area contributed by atoms with E-state index in [-0.39, 0.29) is 5.84 Å². The highest BCUT2D eigenvalue weighted by molar-refractivity contribution is 9.11. The van der Waals surface area contributed by atoms with Crippen LogP contribution in [0.1, 0.15) is 11.3 Å². The van der Waals surface area contributed by atoms with Gasteiger partial charge >= 0.3 is 0 Å². The second-order valence-corrected chi connectivity index (χ2v) is 6.19. The van der Waals surface area contributed by atoms with Crippen LogP contribution in [0.4, 0.5) is 5.69 Å². The molecule has 4 nitrogen and oxygen atoms in total. The highest BCUT2D eigenvalue weighted by Gasteiger charge is 2.11. The summed E-state index contributed by atoms with van der Waals surface area (Å²) >= 11 is 5.11. The molecule has 0 atom stereocenters. The number of thiophene rings is 1. The smallest absolute Gasteiger partial charge is 0.143 e. The number of nitrogen functional groups attached to an aromatic ring is 1. The number of pyridine rings is 1. The summed E-state index contributed by atoms with van der Waals surface area (Å²) in [5.41, 5.74) is 8.14. The second-order valence-electron chi connectivity index (χ2n) is 3.90. The molecule has 0 amide bonds. The number of hydrogen-bond acceptors (Lipinski definition) is 4. The number of aromatic nitrogens is 1. The highest BCUT2D eigenvalue weighted by atomic mass is 79.9. The van der Waals surface area contributed by atoms with E-state index < -0.39 is 0 Å². The van der Waals surface area contributed by atoms with Crippen molar-refractivity contribution in [1.29, 1.82) is 5.41 Å². The number of anilines is 1. The summed E-state index contributed by atoms with van der Waals surface area (Å²) in [6.45, 7) is 0.758. The van der Waals surface area contributed by atoms with Crippen LogP contribution in [0.25, 0.3) is 0 Å². The van der Waals surface area contributed by atoms with E-state index in [1.165, 1.54) is 5.56 Å². The molecule has 0 aromatic carbocycles. The molecule has 2 aromatic rings. The topological polar surface area (TPSA) is 66.0 Å². The van der Waals surface area contributed by atoms with Gasteiger partial charge < -0.3 is 10.6 Å². The first-order valence-corrected chi connectivity index (χ1v) is 6.98. The standard InChI is InChI=1S/C12H13BrN4S/c1-17(6-8-5-10(13)18-7-8)9-3-2-4-16-11(9)12(14)15/h2-5,7H,6H2,1H3,(H3,14,15). The summed E-state index contributed by atoms with van der Waals surface area (Å²) < 4.78 is 1.11. The molecule has 2 rings (SSSR count). The Morgan fingerprint density at radius 2 is 2.39 bits per heavy atom. The molecule has 2 aromatic heterocycles. The van der Waals surface area contributed by atoms with E-state index in [0.717, 1.165) is 16.0 Å². The van der Waals surface area contributed by atoms with E-state index >= 15 is 0 Å². The van der Waals surface area contributed by atoms with Crippen LogP contribution in [0, 0.1) is 5.41 Å². The van der Waals surface area contributed by atoms with Crippen LogP contribution in [-0.2, 0) is 6.54 Å². The van der Waals surface area contributed by atoms with Gasteiger partial charge in [-0.1, -0.05) is 0 Å². The van der Waals surface area contributed by atoms with Crippen molar-refractivity contribution in [3.8, 4) is 0 Å². The fourth-order valence-corrected chi connectivity index (χ4v) is 2.90. The van der Waals surface area contributed by atoms with Gasteiger partial charge in [0.15, 0.2) is 0 Å². The molecule has 2 heterocycles. The minimum Gasteiger partial charge on any atom is -0.382 e. The number of rotatable bonds is 4.